The molecule has 4 unspecified atom stereocenters. The van der Waals surface area contributed by atoms with Gasteiger partial charge in [-0.3, -0.25) is 9.59 Å². The van der Waals surface area contributed by atoms with E-state index in [4.69, 9.17) is 0 Å². The van der Waals surface area contributed by atoms with Crippen LogP contribution in [0.25, 0.3) is 0 Å². The van der Waals surface area contributed by atoms with Crippen molar-refractivity contribution >= 4 is 17.5 Å². The van der Waals surface area contributed by atoms with Crippen LogP contribution in [0.4, 0.5) is 5.69 Å². The number of hydrogen-bond acceptors (Lipinski definition) is 5. The Morgan fingerprint density at radius 1 is 1.00 bits per heavy atom. The van der Waals surface area contributed by atoms with Crippen molar-refractivity contribution in [3.63, 3.8) is 0 Å². The number of para-hydroxylation sites is 1. The van der Waals surface area contributed by atoms with Crippen molar-refractivity contribution in [2.45, 2.75) is 38.8 Å². The minimum absolute atomic E-state index is 0.137. The first-order chi connectivity index (χ1) is 17.2. The molecule has 3 aromatic rings. The molecule has 3 aliphatic rings. The number of hydrogen-bond donors (Lipinski definition) is 1. The number of nitrogens with zero attached hydrogens (tertiary/aromatic N) is 4. The molecule has 0 radical (unpaired) electrons. The van der Waals surface area contributed by atoms with Crippen LogP contribution in [0.3, 0.4) is 0 Å². The number of aryl methyl sites for hydroxylation is 1. The SMILES string of the molecule is Cc1cc(C2C3=CCn4c(=O)n(C)c(=O)n4C3CC3C(=O)N(c4ccccc4)C(=O)C32C)ccc1O. The maximum absolute atomic E-state index is 14.2. The Balaban J connectivity index is 1.60. The topological polar surface area (TPSA) is 107 Å². The summed E-state index contributed by atoms with van der Waals surface area (Å²) in [4.78, 5) is 55.1. The van der Waals surface area contributed by atoms with Crippen molar-refractivity contribution in [3.8, 4) is 5.75 Å². The predicted octanol–water partition coefficient (Wildman–Crippen LogP) is 2.23. The second kappa shape index (κ2) is 7.43. The summed E-state index contributed by atoms with van der Waals surface area (Å²) in [6.07, 6.45) is 2.15. The molecule has 2 fully saturated rings. The van der Waals surface area contributed by atoms with Crippen LogP contribution in [-0.4, -0.2) is 30.9 Å². The highest BCUT2D eigenvalue weighted by Crippen LogP contribution is 2.61. The van der Waals surface area contributed by atoms with Gasteiger partial charge in [-0.05, 0) is 55.2 Å². The molecule has 2 aliphatic heterocycles. The number of carbonyl (C=O) groups excluding carboxylic acids is 2. The van der Waals surface area contributed by atoms with Gasteiger partial charge < -0.3 is 5.11 Å². The zero-order valence-electron chi connectivity index (χ0n) is 20.2. The summed E-state index contributed by atoms with van der Waals surface area (Å²) < 4.78 is 3.91. The van der Waals surface area contributed by atoms with Gasteiger partial charge in [-0.2, -0.15) is 0 Å². The highest BCUT2D eigenvalue weighted by atomic mass is 16.3. The molecule has 2 aromatic carbocycles. The van der Waals surface area contributed by atoms with Crippen molar-refractivity contribution in [1.29, 1.82) is 0 Å². The lowest BCUT2D eigenvalue weighted by molar-refractivity contribution is -0.129. The molecular formula is C27H26N4O5. The highest BCUT2D eigenvalue weighted by Gasteiger charge is 2.65. The van der Waals surface area contributed by atoms with Gasteiger partial charge in [0.05, 0.1) is 29.6 Å². The minimum atomic E-state index is -1.11. The molecule has 1 aliphatic carbocycles. The fourth-order valence-corrected chi connectivity index (χ4v) is 6.45. The summed E-state index contributed by atoms with van der Waals surface area (Å²) in [5, 5.41) is 10.2. The van der Waals surface area contributed by atoms with E-state index < -0.39 is 34.7 Å². The molecule has 6 rings (SSSR count). The molecular weight excluding hydrogens is 460 g/mol. The predicted molar refractivity (Wildman–Crippen MR) is 132 cm³/mol. The third kappa shape index (κ3) is 2.71. The van der Waals surface area contributed by atoms with Crippen LogP contribution in [0, 0.1) is 18.3 Å². The summed E-state index contributed by atoms with van der Waals surface area (Å²) in [5.41, 5.74) is 0.801. The van der Waals surface area contributed by atoms with E-state index in [1.165, 1.54) is 21.3 Å². The van der Waals surface area contributed by atoms with Gasteiger partial charge in [0.15, 0.2) is 0 Å². The molecule has 9 heteroatoms. The maximum Gasteiger partial charge on any atom is 0.347 e. The monoisotopic (exact) mass is 486 g/mol. The van der Waals surface area contributed by atoms with Gasteiger partial charge in [0.25, 0.3) is 0 Å². The second-order valence-electron chi connectivity index (χ2n) is 10.1. The van der Waals surface area contributed by atoms with Crippen LogP contribution in [0.5, 0.6) is 5.75 Å². The van der Waals surface area contributed by atoms with Crippen molar-refractivity contribution in [3.05, 3.63) is 92.3 Å². The van der Waals surface area contributed by atoms with E-state index >= 15 is 0 Å². The summed E-state index contributed by atoms with van der Waals surface area (Å²) in [6, 6.07) is 13.5. The summed E-state index contributed by atoms with van der Waals surface area (Å²) in [5.74, 6) is -1.70. The average molecular weight is 487 g/mol. The highest BCUT2D eigenvalue weighted by molar-refractivity contribution is 6.24. The number of carbonyl (C=O) groups is 2. The maximum atomic E-state index is 14.2. The second-order valence-corrected chi connectivity index (χ2v) is 10.1. The third-order valence-electron chi connectivity index (χ3n) is 8.30. The minimum Gasteiger partial charge on any atom is -0.508 e. The largest absolute Gasteiger partial charge is 0.508 e. The van der Waals surface area contributed by atoms with E-state index in [1.54, 1.807) is 43.3 Å². The number of aromatic hydroxyl groups is 1. The smallest absolute Gasteiger partial charge is 0.347 e. The van der Waals surface area contributed by atoms with E-state index in [9.17, 15) is 24.3 Å². The summed E-state index contributed by atoms with van der Waals surface area (Å²) >= 11 is 0. The van der Waals surface area contributed by atoms with Crippen LogP contribution in [0.2, 0.25) is 0 Å². The molecule has 1 saturated carbocycles. The Bertz CT molecular complexity index is 1590. The molecule has 0 bridgehead atoms. The number of phenolic OH excluding ortho intramolecular Hbond substituents is 1. The van der Waals surface area contributed by atoms with E-state index in [2.05, 4.69) is 0 Å². The Hall–Kier alpha value is -4.14. The molecule has 9 nitrogen and oxygen atoms in total. The number of phenols is 1. The zero-order valence-corrected chi connectivity index (χ0v) is 20.2. The number of amides is 2. The van der Waals surface area contributed by atoms with Crippen molar-refractivity contribution < 1.29 is 14.7 Å². The normalized spacial score (nSPS) is 26.9. The molecule has 184 valence electrons. The number of fused-ring (bicyclic) bond motifs is 4. The molecule has 1 N–H and O–H groups in total. The van der Waals surface area contributed by atoms with E-state index in [-0.39, 0.29) is 30.5 Å². The average Bonchev–Trinajstić information content (AvgIpc) is 3.21. The van der Waals surface area contributed by atoms with Crippen LogP contribution < -0.4 is 16.3 Å². The summed E-state index contributed by atoms with van der Waals surface area (Å²) in [6.45, 7) is 3.81. The first-order valence-corrected chi connectivity index (χ1v) is 12.0. The quantitative estimate of drug-likeness (QED) is 0.442. The molecule has 0 spiro atoms. The van der Waals surface area contributed by atoms with Crippen molar-refractivity contribution in [2.75, 3.05) is 4.90 Å². The lowest BCUT2D eigenvalue weighted by atomic mass is 9.56. The first-order valence-electron chi connectivity index (χ1n) is 12.0. The van der Waals surface area contributed by atoms with Gasteiger partial charge in [0, 0.05) is 13.0 Å². The first kappa shape index (κ1) is 22.3. The Morgan fingerprint density at radius 2 is 1.72 bits per heavy atom. The fourth-order valence-electron chi connectivity index (χ4n) is 6.45. The van der Waals surface area contributed by atoms with Crippen LogP contribution >= 0.6 is 0 Å². The molecule has 2 amide bonds. The number of aromatic nitrogens is 3. The van der Waals surface area contributed by atoms with Gasteiger partial charge in [-0.15, -0.1) is 0 Å². The van der Waals surface area contributed by atoms with Crippen LogP contribution in [0.1, 0.15) is 36.4 Å². The number of rotatable bonds is 2. The Labute approximate surface area is 206 Å². The Morgan fingerprint density at radius 3 is 2.42 bits per heavy atom. The fraction of sp³-hybridized carbons (Fsp3) is 0.333. The third-order valence-corrected chi connectivity index (χ3v) is 8.30. The summed E-state index contributed by atoms with van der Waals surface area (Å²) in [7, 11) is 1.44. The van der Waals surface area contributed by atoms with Crippen molar-refractivity contribution in [2.24, 2.45) is 18.4 Å². The van der Waals surface area contributed by atoms with Gasteiger partial charge in [-0.1, -0.05) is 36.4 Å². The molecule has 1 saturated heterocycles. The van der Waals surface area contributed by atoms with E-state index in [0.717, 1.165) is 15.7 Å². The lowest BCUT2D eigenvalue weighted by Gasteiger charge is -2.47. The number of allylic oxidation sites excluding steroid dienone is 2. The Kier molecular flexibility index (Phi) is 4.61. The molecule has 36 heavy (non-hydrogen) atoms. The van der Waals surface area contributed by atoms with Gasteiger partial charge in [-0.25, -0.2) is 28.4 Å². The van der Waals surface area contributed by atoms with Gasteiger partial charge in [0.1, 0.15) is 5.75 Å². The molecule has 3 heterocycles. The number of anilines is 1. The van der Waals surface area contributed by atoms with Crippen LogP contribution in [0.15, 0.2) is 69.8 Å². The van der Waals surface area contributed by atoms with Gasteiger partial charge >= 0.3 is 11.4 Å². The van der Waals surface area contributed by atoms with Gasteiger partial charge in [0.2, 0.25) is 11.8 Å². The molecule has 1 aromatic heterocycles. The number of benzene rings is 2. The van der Waals surface area contributed by atoms with Crippen molar-refractivity contribution in [1.82, 2.24) is 13.9 Å². The number of imide groups is 1. The zero-order chi connectivity index (χ0) is 25.5. The standard InChI is InChI=1S/C27H26N4O5/c1-15-13-16(9-10-21(15)32)22-18-11-12-29-25(35)28(3)26(36)31(29)20(18)14-19-23(33)30(24(34)27(19,22)2)17-7-5-4-6-8-17/h4-11,13,19-20,22,32H,12,14H2,1-3H3. The van der Waals surface area contributed by atoms with E-state index in [0.29, 0.717) is 11.3 Å². The molecule has 4 atom stereocenters. The van der Waals surface area contributed by atoms with Crippen LogP contribution in [-0.2, 0) is 23.2 Å². The van der Waals surface area contributed by atoms with E-state index in [1.807, 2.05) is 25.1 Å². The lowest BCUT2D eigenvalue weighted by Crippen LogP contribution is -2.49.